The van der Waals surface area contributed by atoms with Gasteiger partial charge in [-0.05, 0) is 18.4 Å². The van der Waals surface area contributed by atoms with Gasteiger partial charge < -0.3 is 10.5 Å². The summed E-state index contributed by atoms with van der Waals surface area (Å²) in [7, 11) is 3.26. The van der Waals surface area contributed by atoms with Crippen LogP contribution in [0.3, 0.4) is 0 Å². The molecule has 1 heterocycles. The van der Waals surface area contributed by atoms with E-state index in [1.165, 1.54) is 7.11 Å². The third-order valence-corrected chi connectivity index (χ3v) is 2.61. The highest BCUT2D eigenvalue weighted by Gasteiger charge is 2.20. The van der Waals surface area contributed by atoms with Crippen molar-refractivity contribution in [3.63, 3.8) is 0 Å². The molecule has 5 heteroatoms. The van der Waals surface area contributed by atoms with Gasteiger partial charge in [0.2, 0.25) is 0 Å². The Morgan fingerprint density at radius 2 is 2.38 bits per heavy atom. The molecule has 0 fully saturated rings. The van der Waals surface area contributed by atoms with Crippen LogP contribution in [0.5, 0.6) is 0 Å². The molecular formula is C11H19N3O2. The highest BCUT2D eigenvalue weighted by Crippen LogP contribution is 2.14. The van der Waals surface area contributed by atoms with E-state index in [2.05, 4.69) is 5.10 Å². The van der Waals surface area contributed by atoms with Gasteiger partial charge in [0, 0.05) is 19.8 Å². The van der Waals surface area contributed by atoms with Crippen LogP contribution in [0.25, 0.3) is 0 Å². The van der Waals surface area contributed by atoms with Crippen LogP contribution in [0.1, 0.15) is 18.2 Å². The summed E-state index contributed by atoms with van der Waals surface area (Å²) >= 11 is 0. The van der Waals surface area contributed by atoms with Crippen molar-refractivity contribution in [2.45, 2.75) is 19.8 Å². The number of nitrogens with zero attached hydrogens (tertiary/aromatic N) is 2. The summed E-state index contributed by atoms with van der Waals surface area (Å²) in [5.41, 5.74) is 7.66. The molecule has 1 rings (SSSR count). The maximum atomic E-state index is 11.4. The molecule has 1 aromatic rings. The molecular weight excluding hydrogens is 206 g/mol. The molecule has 0 aliphatic heterocycles. The lowest BCUT2D eigenvalue weighted by Crippen LogP contribution is -2.27. The van der Waals surface area contributed by atoms with Gasteiger partial charge in [-0.2, -0.15) is 5.10 Å². The lowest BCUT2D eigenvalue weighted by atomic mass is 9.99. The summed E-state index contributed by atoms with van der Waals surface area (Å²) < 4.78 is 6.47. The van der Waals surface area contributed by atoms with Crippen LogP contribution in [0.15, 0.2) is 6.20 Å². The number of hydrogen-bond donors (Lipinski definition) is 1. The Balaban J connectivity index is 2.80. The van der Waals surface area contributed by atoms with E-state index in [-0.39, 0.29) is 11.9 Å². The number of rotatable bonds is 5. The quantitative estimate of drug-likeness (QED) is 0.730. The van der Waals surface area contributed by atoms with Gasteiger partial charge in [0.15, 0.2) is 0 Å². The molecule has 1 aromatic heterocycles. The van der Waals surface area contributed by atoms with Gasteiger partial charge in [-0.25, -0.2) is 0 Å². The van der Waals surface area contributed by atoms with E-state index in [9.17, 15) is 4.79 Å². The standard InChI is InChI=1S/C11H19N3O2/c1-4-10-9(7-14(2)13-10)5-8(6-12)11(15)16-3/h7-8H,4-6,12H2,1-3H3. The molecule has 0 bridgehead atoms. The van der Waals surface area contributed by atoms with Crippen LogP contribution in [-0.2, 0) is 29.4 Å². The average molecular weight is 225 g/mol. The van der Waals surface area contributed by atoms with Crippen molar-refractivity contribution >= 4 is 5.97 Å². The molecule has 0 aliphatic carbocycles. The Kier molecular flexibility index (Phi) is 4.49. The molecule has 0 aliphatic rings. The minimum Gasteiger partial charge on any atom is -0.469 e. The summed E-state index contributed by atoms with van der Waals surface area (Å²) in [6.07, 6.45) is 3.39. The number of ether oxygens (including phenoxy) is 1. The zero-order chi connectivity index (χ0) is 12.1. The van der Waals surface area contributed by atoms with Crippen molar-refractivity contribution in [2.24, 2.45) is 18.7 Å². The number of methoxy groups -OCH3 is 1. The van der Waals surface area contributed by atoms with Gasteiger partial charge in [-0.1, -0.05) is 6.92 Å². The summed E-state index contributed by atoms with van der Waals surface area (Å²) in [5.74, 6) is -0.534. The Morgan fingerprint density at radius 1 is 1.69 bits per heavy atom. The van der Waals surface area contributed by atoms with E-state index in [0.29, 0.717) is 13.0 Å². The van der Waals surface area contributed by atoms with E-state index >= 15 is 0 Å². The van der Waals surface area contributed by atoms with Crippen molar-refractivity contribution in [3.05, 3.63) is 17.5 Å². The van der Waals surface area contributed by atoms with Crippen LogP contribution in [0, 0.1) is 5.92 Å². The van der Waals surface area contributed by atoms with Gasteiger partial charge in [0.25, 0.3) is 0 Å². The van der Waals surface area contributed by atoms with E-state index < -0.39 is 0 Å². The predicted molar refractivity (Wildman–Crippen MR) is 60.9 cm³/mol. The molecule has 0 saturated heterocycles. The smallest absolute Gasteiger partial charge is 0.310 e. The maximum Gasteiger partial charge on any atom is 0.310 e. The van der Waals surface area contributed by atoms with Gasteiger partial charge in [-0.3, -0.25) is 9.48 Å². The van der Waals surface area contributed by atoms with Crippen molar-refractivity contribution in [1.82, 2.24) is 9.78 Å². The van der Waals surface area contributed by atoms with Gasteiger partial charge in [0.05, 0.1) is 18.7 Å². The molecule has 0 aromatic carbocycles. The number of aryl methyl sites for hydroxylation is 2. The Bertz CT molecular complexity index is 360. The normalized spacial score (nSPS) is 12.5. The zero-order valence-electron chi connectivity index (χ0n) is 10.1. The third-order valence-electron chi connectivity index (χ3n) is 2.61. The van der Waals surface area contributed by atoms with E-state index in [0.717, 1.165) is 17.7 Å². The Hall–Kier alpha value is -1.36. The highest BCUT2D eigenvalue weighted by atomic mass is 16.5. The largest absolute Gasteiger partial charge is 0.469 e. The molecule has 2 N–H and O–H groups in total. The van der Waals surface area contributed by atoms with Crippen LogP contribution >= 0.6 is 0 Å². The summed E-state index contributed by atoms with van der Waals surface area (Å²) in [5, 5.41) is 4.33. The minimum absolute atomic E-state index is 0.256. The maximum absolute atomic E-state index is 11.4. The first kappa shape index (κ1) is 12.7. The first-order chi connectivity index (χ1) is 7.62. The SMILES string of the molecule is CCc1nn(C)cc1CC(CN)C(=O)OC. The molecule has 90 valence electrons. The Labute approximate surface area is 95.6 Å². The number of nitrogens with two attached hydrogens (primary N) is 1. The average Bonchev–Trinajstić information content (AvgIpc) is 2.65. The van der Waals surface area contributed by atoms with E-state index in [1.807, 2.05) is 20.2 Å². The molecule has 0 radical (unpaired) electrons. The highest BCUT2D eigenvalue weighted by molar-refractivity contribution is 5.72. The molecule has 0 spiro atoms. The molecule has 5 nitrogen and oxygen atoms in total. The summed E-state index contributed by atoms with van der Waals surface area (Å²) in [6.45, 7) is 2.34. The monoisotopic (exact) mass is 225 g/mol. The van der Waals surface area contributed by atoms with Crippen molar-refractivity contribution in [2.75, 3.05) is 13.7 Å². The molecule has 0 saturated carbocycles. The van der Waals surface area contributed by atoms with E-state index in [1.54, 1.807) is 4.68 Å². The molecule has 1 atom stereocenters. The van der Waals surface area contributed by atoms with Crippen LogP contribution < -0.4 is 5.73 Å². The molecule has 1 unspecified atom stereocenters. The van der Waals surface area contributed by atoms with Crippen LogP contribution in [0.4, 0.5) is 0 Å². The number of hydrogen-bond acceptors (Lipinski definition) is 4. The second kappa shape index (κ2) is 5.65. The van der Waals surface area contributed by atoms with Gasteiger partial charge >= 0.3 is 5.97 Å². The number of aromatic nitrogens is 2. The fourth-order valence-corrected chi connectivity index (χ4v) is 1.75. The number of carbonyl (C=O) groups is 1. The Morgan fingerprint density at radius 3 is 2.88 bits per heavy atom. The fourth-order valence-electron chi connectivity index (χ4n) is 1.75. The summed E-state index contributed by atoms with van der Waals surface area (Å²) in [6, 6.07) is 0. The topological polar surface area (TPSA) is 70.1 Å². The van der Waals surface area contributed by atoms with Gasteiger partial charge in [0.1, 0.15) is 0 Å². The minimum atomic E-state index is -0.278. The lowest BCUT2D eigenvalue weighted by molar-refractivity contribution is -0.145. The third kappa shape index (κ3) is 2.82. The molecule has 0 amide bonds. The predicted octanol–water partition coefficient (Wildman–Crippen LogP) is 0.273. The summed E-state index contributed by atoms with van der Waals surface area (Å²) in [4.78, 5) is 11.4. The van der Waals surface area contributed by atoms with Crippen molar-refractivity contribution in [3.8, 4) is 0 Å². The fraction of sp³-hybridized carbons (Fsp3) is 0.636. The first-order valence-corrected chi connectivity index (χ1v) is 5.41. The number of carbonyl (C=O) groups excluding carboxylic acids is 1. The molecule has 16 heavy (non-hydrogen) atoms. The second-order valence-corrected chi connectivity index (χ2v) is 3.79. The van der Waals surface area contributed by atoms with Crippen molar-refractivity contribution in [1.29, 1.82) is 0 Å². The second-order valence-electron chi connectivity index (χ2n) is 3.79. The lowest BCUT2D eigenvalue weighted by Gasteiger charge is -2.11. The van der Waals surface area contributed by atoms with E-state index in [4.69, 9.17) is 10.5 Å². The first-order valence-electron chi connectivity index (χ1n) is 5.41. The number of esters is 1. The zero-order valence-corrected chi connectivity index (χ0v) is 10.1. The van der Waals surface area contributed by atoms with Gasteiger partial charge in [-0.15, -0.1) is 0 Å². The van der Waals surface area contributed by atoms with Crippen LogP contribution in [-0.4, -0.2) is 29.4 Å². The van der Waals surface area contributed by atoms with Crippen molar-refractivity contribution < 1.29 is 9.53 Å². The van der Waals surface area contributed by atoms with Crippen LogP contribution in [0.2, 0.25) is 0 Å².